The first-order chi connectivity index (χ1) is 6.39. The molecule has 14 heavy (non-hydrogen) atoms. The van der Waals surface area contributed by atoms with Gasteiger partial charge in [0.05, 0.1) is 11.5 Å². The molecule has 0 aromatic heterocycles. The fourth-order valence-corrected chi connectivity index (χ4v) is 2.86. The van der Waals surface area contributed by atoms with Crippen molar-refractivity contribution < 1.29 is 17.9 Å². The Morgan fingerprint density at radius 2 is 2.00 bits per heavy atom. The van der Waals surface area contributed by atoms with Crippen molar-refractivity contribution in [1.29, 1.82) is 0 Å². The second kappa shape index (κ2) is 6.19. The molecule has 0 N–H and O–H groups in total. The molecule has 0 aromatic rings. The maximum absolute atomic E-state index is 11.1. The van der Waals surface area contributed by atoms with Crippen molar-refractivity contribution in [2.24, 2.45) is 0 Å². The molecule has 0 saturated heterocycles. The van der Waals surface area contributed by atoms with Crippen molar-refractivity contribution in [3.05, 3.63) is 12.2 Å². The van der Waals surface area contributed by atoms with Crippen LogP contribution in [0.3, 0.4) is 0 Å². The molecule has 0 radical (unpaired) electrons. The van der Waals surface area contributed by atoms with E-state index in [4.69, 9.17) is 0 Å². The minimum Gasteiger partial charge on any atom is -0.461 e. The van der Waals surface area contributed by atoms with Gasteiger partial charge in [0.2, 0.25) is 0 Å². The molecular formula is C8H13BrO4S. The molecule has 0 aliphatic rings. The van der Waals surface area contributed by atoms with Gasteiger partial charge in [0.1, 0.15) is 6.61 Å². The van der Waals surface area contributed by atoms with Crippen molar-refractivity contribution in [2.75, 3.05) is 23.4 Å². The van der Waals surface area contributed by atoms with E-state index < -0.39 is 15.8 Å². The maximum Gasteiger partial charge on any atom is 0.333 e. The minimum absolute atomic E-state index is 0.0532. The van der Waals surface area contributed by atoms with Crippen molar-refractivity contribution in [3.63, 3.8) is 0 Å². The second-order valence-electron chi connectivity index (χ2n) is 2.76. The number of carbonyl (C=O) groups is 1. The highest BCUT2D eigenvalue weighted by molar-refractivity contribution is 9.09. The fourth-order valence-electron chi connectivity index (χ4n) is 0.604. The van der Waals surface area contributed by atoms with E-state index in [1.807, 2.05) is 0 Å². The second-order valence-corrected chi connectivity index (χ2v) is 5.85. The van der Waals surface area contributed by atoms with Crippen molar-refractivity contribution >= 4 is 31.7 Å². The smallest absolute Gasteiger partial charge is 0.333 e. The lowest BCUT2D eigenvalue weighted by Gasteiger charge is -2.04. The summed E-state index contributed by atoms with van der Waals surface area (Å²) in [6.07, 6.45) is 0. The van der Waals surface area contributed by atoms with Crippen LogP contribution in [-0.2, 0) is 19.4 Å². The Kier molecular flexibility index (Phi) is 6.03. The van der Waals surface area contributed by atoms with Crippen LogP contribution in [0.4, 0.5) is 0 Å². The number of ether oxygens (including phenoxy) is 1. The van der Waals surface area contributed by atoms with Crippen LogP contribution in [0.25, 0.3) is 0 Å². The summed E-state index contributed by atoms with van der Waals surface area (Å²) in [5.74, 6) is -0.644. The number of halogens is 1. The third kappa shape index (κ3) is 6.15. The molecule has 0 rings (SSSR count). The highest BCUT2D eigenvalue weighted by Crippen LogP contribution is 1.96. The van der Waals surface area contributed by atoms with Gasteiger partial charge in [-0.15, -0.1) is 0 Å². The first-order valence-electron chi connectivity index (χ1n) is 3.98. The molecule has 4 nitrogen and oxygen atoms in total. The van der Waals surface area contributed by atoms with Gasteiger partial charge in [0.25, 0.3) is 0 Å². The highest BCUT2D eigenvalue weighted by atomic mass is 79.9. The van der Waals surface area contributed by atoms with E-state index in [1.54, 1.807) is 0 Å². The monoisotopic (exact) mass is 284 g/mol. The lowest BCUT2D eigenvalue weighted by molar-refractivity contribution is -0.138. The molecule has 0 fully saturated rings. The summed E-state index contributed by atoms with van der Waals surface area (Å²) >= 11 is 3.03. The predicted octanol–water partition coefficient (Wildman–Crippen LogP) is 0.915. The number of esters is 1. The molecule has 0 amide bonds. The average Bonchev–Trinajstić information content (AvgIpc) is 2.03. The lowest BCUT2D eigenvalue weighted by atomic mass is 10.4. The average molecular weight is 285 g/mol. The Bertz CT molecular complexity index is 307. The van der Waals surface area contributed by atoms with Crippen LogP contribution in [0.1, 0.15) is 6.92 Å². The Hall–Kier alpha value is -0.360. The van der Waals surface area contributed by atoms with Crippen LogP contribution in [0, 0.1) is 0 Å². The van der Waals surface area contributed by atoms with Crippen LogP contribution in [-0.4, -0.2) is 37.8 Å². The van der Waals surface area contributed by atoms with Gasteiger partial charge in [-0.1, -0.05) is 22.5 Å². The quantitative estimate of drug-likeness (QED) is 0.413. The largest absolute Gasteiger partial charge is 0.461 e. The third-order valence-electron chi connectivity index (χ3n) is 1.36. The molecule has 0 aromatic carbocycles. The maximum atomic E-state index is 11.1. The first kappa shape index (κ1) is 13.6. The number of hydrogen-bond acceptors (Lipinski definition) is 4. The Morgan fingerprint density at radius 3 is 2.43 bits per heavy atom. The van der Waals surface area contributed by atoms with Crippen LogP contribution in [0.5, 0.6) is 0 Å². The molecule has 0 atom stereocenters. The van der Waals surface area contributed by atoms with E-state index in [0.29, 0.717) is 5.33 Å². The highest BCUT2D eigenvalue weighted by Gasteiger charge is 2.11. The van der Waals surface area contributed by atoms with Gasteiger partial charge >= 0.3 is 5.97 Å². The number of alkyl halides is 1. The fraction of sp³-hybridized carbons (Fsp3) is 0.625. The topological polar surface area (TPSA) is 60.4 Å². The van der Waals surface area contributed by atoms with Gasteiger partial charge in [-0.2, -0.15) is 0 Å². The summed E-state index contributed by atoms with van der Waals surface area (Å²) in [6, 6.07) is 0. The zero-order chi connectivity index (χ0) is 11.2. The Morgan fingerprint density at radius 1 is 1.43 bits per heavy atom. The van der Waals surface area contributed by atoms with Crippen molar-refractivity contribution in [2.45, 2.75) is 6.92 Å². The summed E-state index contributed by atoms with van der Waals surface area (Å²) in [5.41, 5.74) is 0.267. The van der Waals surface area contributed by atoms with E-state index in [0.717, 1.165) is 0 Å². The van der Waals surface area contributed by atoms with Crippen LogP contribution in [0.2, 0.25) is 0 Å². The van der Waals surface area contributed by atoms with E-state index >= 15 is 0 Å². The molecule has 0 aliphatic heterocycles. The third-order valence-corrected chi connectivity index (χ3v) is 3.90. The summed E-state index contributed by atoms with van der Waals surface area (Å²) < 4.78 is 26.9. The van der Waals surface area contributed by atoms with Gasteiger partial charge < -0.3 is 4.74 Å². The van der Waals surface area contributed by atoms with Crippen LogP contribution >= 0.6 is 15.9 Å². The molecule has 0 spiro atoms. The van der Waals surface area contributed by atoms with E-state index in [1.165, 1.54) is 6.92 Å². The van der Waals surface area contributed by atoms with E-state index in [9.17, 15) is 13.2 Å². The van der Waals surface area contributed by atoms with Gasteiger partial charge in [-0.05, 0) is 6.92 Å². The van der Waals surface area contributed by atoms with Crippen molar-refractivity contribution in [3.8, 4) is 0 Å². The molecule has 0 unspecified atom stereocenters. The summed E-state index contributed by atoms with van der Waals surface area (Å²) in [5, 5.41) is 0.393. The summed E-state index contributed by atoms with van der Waals surface area (Å²) in [4.78, 5) is 10.9. The number of carbonyl (C=O) groups excluding carboxylic acids is 1. The van der Waals surface area contributed by atoms with Crippen LogP contribution in [0.15, 0.2) is 12.2 Å². The SMILES string of the molecule is C=C(C)C(=O)OCCS(=O)(=O)CCBr. The zero-order valence-corrected chi connectivity index (χ0v) is 10.4. The summed E-state index contributed by atoms with van der Waals surface area (Å²) in [7, 11) is -3.11. The van der Waals surface area contributed by atoms with Crippen LogP contribution < -0.4 is 0 Å². The zero-order valence-electron chi connectivity index (χ0n) is 7.95. The Labute approximate surface area is 92.4 Å². The van der Waals surface area contributed by atoms with Crippen molar-refractivity contribution in [1.82, 2.24) is 0 Å². The molecule has 0 bridgehead atoms. The molecule has 0 saturated carbocycles. The predicted molar refractivity (Wildman–Crippen MR) is 58.2 cm³/mol. The van der Waals surface area contributed by atoms with E-state index in [2.05, 4.69) is 27.2 Å². The lowest BCUT2D eigenvalue weighted by Crippen LogP contribution is -2.18. The molecule has 6 heteroatoms. The van der Waals surface area contributed by atoms with Gasteiger partial charge in [-0.25, -0.2) is 13.2 Å². The van der Waals surface area contributed by atoms with Gasteiger partial charge in [0, 0.05) is 10.9 Å². The first-order valence-corrected chi connectivity index (χ1v) is 6.92. The van der Waals surface area contributed by atoms with E-state index in [-0.39, 0.29) is 23.7 Å². The molecular weight excluding hydrogens is 272 g/mol. The number of rotatable bonds is 6. The number of sulfone groups is 1. The summed E-state index contributed by atoms with van der Waals surface area (Å²) in [6.45, 7) is 4.77. The normalized spacial score (nSPS) is 11.0. The van der Waals surface area contributed by atoms with Gasteiger partial charge in [-0.3, -0.25) is 0 Å². The Balaban J connectivity index is 3.86. The minimum atomic E-state index is -3.11. The molecule has 0 heterocycles. The number of hydrogen-bond donors (Lipinski definition) is 0. The van der Waals surface area contributed by atoms with Gasteiger partial charge in [0.15, 0.2) is 9.84 Å². The standard InChI is InChI=1S/C8H13BrO4S/c1-7(2)8(10)13-4-6-14(11,12)5-3-9/h1,3-6H2,2H3. The molecule has 0 aliphatic carbocycles. The molecule has 82 valence electrons.